The lowest BCUT2D eigenvalue weighted by atomic mass is 10.1. The van der Waals surface area contributed by atoms with Gasteiger partial charge < -0.3 is 5.11 Å². The van der Waals surface area contributed by atoms with E-state index in [9.17, 15) is 9.59 Å². The summed E-state index contributed by atoms with van der Waals surface area (Å²) in [6.45, 7) is 2.19. The van der Waals surface area contributed by atoms with Crippen LogP contribution in [0.2, 0.25) is 0 Å². The summed E-state index contributed by atoms with van der Waals surface area (Å²) >= 11 is 0. The van der Waals surface area contributed by atoms with E-state index in [1.807, 2.05) is 0 Å². The Labute approximate surface area is 97.5 Å². The van der Waals surface area contributed by atoms with E-state index < -0.39 is 5.97 Å². The van der Waals surface area contributed by atoms with E-state index in [1.165, 1.54) is 32.1 Å². The molecule has 3 nitrogen and oxygen atoms in total. The number of ketones is 1. The van der Waals surface area contributed by atoms with Crippen molar-refractivity contribution in [2.45, 2.75) is 58.3 Å². The lowest BCUT2D eigenvalue weighted by Gasteiger charge is -1.99. The molecule has 0 aromatic rings. The average molecular weight is 226 g/mol. The predicted octanol–water partition coefficient (Wildman–Crippen LogP) is 3.34. The molecule has 0 amide bonds. The lowest BCUT2D eigenvalue weighted by Crippen LogP contribution is -1.95. The summed E-state index contributed by atoms with van der Waals surface area (Å²) in [4.78, 5) is 21.3. The smallest absolute Gasteiger partial charge is 0.328 e. The van der Waals surface area contributed by atoms with Crippen molar-refractivity contribution in [2.24, 2.45) is 0 Å². The van der Waals surface area contributed by atoms with Gasteiger partial charge in [-0.25, -0.2) is 4.79 Å². The number of allylic oxidation sites excluding steroid dienone is 1. The normalized spacial score (nSPS) is 10.8. The highest BCUT2D eigenvalue weighted by molar-refractivity contribution is 5.95. The van der Waals surface area contributed by atoms with E-state index in [4.69, 9.17) is 5.11 Å². The maximum Gasteiger partial charge on any atom is 0.328 e. The van der Waals surface area contributed by atoms with Crippen LogP contribution in [0, 0.1) is 0 Å². The van der Waals surface area contributed by atoms with Crippen molar-refractivity contribution in [3.63, 3.8) is 0 Å². The molecule has 0 aliphatic heterocycles. The number of hydrogen-bond acceptors (Lipinski definition) is 2. The van der Waals surface area contributed by atoms with E-state index in [-0.39, 0.29) is 5.78 Å². The molecule has 0 fully saturated rings. The van der Waals surface area contributed by atoms with Crippen LogP contribution in [0.1, 0.15) is 58.3 Å². The number of carbonyl (C=O) groups is 2. The number of unbranched alkanes of at least 4 members (excludes halogenated alkanes) is 6. The molecule has 0 rings (SSSR count). The molecule has 0 atom stereocenters. The van der Waals surface area contributed by atoms with E-state index in [2.05, 4.69) is 6.92 Å². The third-order valence-electron chi connectivity index (χ3n) is 2.44. The van der Waals surface area contributed by atoms with Crippen molar-refractivity contribution in [1.29, 1.82) is 0 Å². The highest BCUT2D eigenvalue weighted by atomic mass is 16.4. The zero-order chi connectivity index (χ0) is 12.2. The minimum atomic E-state index is -1.06. The minimum Gasteiger partial charge on any atom is -0.478 e. The van der Waals surface area contributed by atoms with E-state index in [0.29, 0.717) is 6.42 Å². The number of hydrogen-bond donors (Lipinski definition) is 1. The van der Waals surface area contributed by atoms with Crippen LogP contribution in [-0.2, 0) is 9.59 Å². The number of aliphatic carboxylic acids is 1. The zero-order valence-corrected chi connectivity index (χ0v) is 10.1. The first-order valence-electron chi connectivity index (χ1n) is 6.10. The molecule has 0 aromatic heterocycles. The Bertz CT molecular complexity index is 231. The molecule has 0 saturated carbocycles. The number of rotatable bonds is 10. The van der Waals surface area contributed by atoms with E-state index in [1.54, 1.807) is 0 Å². The van der Waals surface area contributed by atoms with Gasteiger partial charge in [0.1, 0.15) is 0 Å². The van der Waals surface area contributed by atoms with Crippen LogP contribution in [0.5, 0.6) is 0 Å². The van der Waals surface area contributed by atoms with Crippen LogP contribution < -0.4 is 0 Å². The Balaban J connectivity index is 3.31. The second kappa shape index (κ2) is 10.4. The summed E-state index contributed by atoms with van der Waals surface area (Å²) in [7, 11) is 0. The monoisotopic (exact) mass is 226 g/mol. The number of carboxylic acid groups (broad SMARTS) is 1. The summed E-state index contributed by atoms with van der Waals surface area (Å²) in [5, 5.41) is 8.32. The summed E-state index contributed by atoms with van der Waals surface area (Å²) < 4.78 is 0. The van der Waals surface area contributed by atoms with Gasteiger partial charge >= 0.3 is 5.97 Å². The van der Waals surface area contributed by atoms with Gasteiger partial charge in [-0.3, -0.25) is 4.79 Å². The third-order valence-corrected chi connectivity index (χ3v) is 2.44. The van der Waals surface area contributed by atoms with Gasteiger partial charge in [0.15, 0.2) is 5.78 Å². The molecule has 0 spiro atoms. The lowest BCUT2D eigenvalue weighted by molar-refractivity contribution is -0.131. The molecule has 16 heavy (non-hydrogen) atoms. The molecule has 0 aromatic carbocycles. The second-order valence-corrected chi connectivity index (χ2v) is 4.01. The SMILES string of the molecule is CCCCCCCCCC(=O)/C=C/C(=O)O. The summed E-state index contributed by atoms with van der Waals surface area (Å²) in [6, 6.07) is 0. The van der Waals surface area contributed by atoms with E-state index in [0.717, 1.165) is 25.0 Å². The molecular formula is C13H22O3. The molecule has 0 aliphatic rings. The van der Waals surface area contributed by atoms with Gasteiger partial charge in [-0.05, 0) is 12.5 Å². The zero-order valence-electron chi connectivity index (χ0n) is 10.1. The van der Waals surface area contributed by atoms with Crippen molar-refractivity contribution < 1.29 is 14.7 Å². The minimum absolute atomic E-state index is 0.0871. The maximum atomic E-state index is 11.1. The first-order chi connectivity index (χ1) is 7.66. The molecular weight excluding hydrogens is 204 g/mol. The largest absolute Gasteiger partial charge is 0.478 e. The third kappa shape index (κ3) is 11.0. The van der Waals surface area contributed by atoms with Crippen LogP contribution in [0.15, 0.2) is 12.2 Å². The standard InChI is InChI=1S/C13H22O3/c1-2-3-4-5-6-7-8-9-12(14)10-11-13(15)16/h10-11H,2-9H2,1H3,(H,15,16)/b11-10+. The Kier molecular flexibility index (Phi) is 9.67. The van der Waals surface area contributed by atoms with Gasteiger partial charge in [0.25, 0.3) is 0 Å². The molecule has 0 heterocycles. The summed E-state index contributed by atoms with van der Waals surface area (Å²) in [5.74, 6) is -1.15. The van der Waals surface area contributed by atoms with Gasteiger partial charge in [-0.2, -0.15) is 0 Å². The number of carboxylic acids is 1. The molecule has 3 heteroatoms. The van der Waals surface area contributed by atoms with Gasteiger partial charge in [0, 0.05) is 12.5 Å². The van der Waals surface area contributed by atoms with Crippen LogP contribution >= 0.6 is 0 Å². The maximum absolute atomic E-state index is 11.1. The van der Waals surface area contributed by atoms with Crippen LogP contribution in [0.3, 0.4) is 0 Å². The fourth-order valence-electron chi connectivity index (χ4n) is 1.50. The fraction of sp³-hybridized carbons (Fsp3) is 0.692. The quantitative estimate of drug-likeness (QED) is 0.459. The Hall–Kier alpha value is -1.12. The van der Waals surface area contributed by atoms with Crippen LogP contribution in [0.25, 0.3) is 0 Å². The Morgan fingerprint density at radius 1 is 0.938 bits per heavy atom. The topological polar surface area (TPSA) is 54.4 Å². The van der Waals surface area contributed by atoms with Gasteiger partial charge in [-0.15, -0.1) is 0 Å². The van der Waals surface area contributed by atoms with Crippen molar-refractivity contribution in [1.82, 2.24) is 0 Å². The predicted molar refractivity (Wildman–Crippen MR) is 64.4 cm³/mol. The molecule has 0 bridgehead atoms. The molecule has 0 unspecified atom stereocenters. The fourth-order valence-corrected chi connectivity index (χ4v) is 1.50. The average Bonchev–Trinajstić information content (AvgIpc) is 2.25. The summed E-state index contributed by atoms with van der Waals surface area (Å²) in [6.07, 6.45) is 10.7. The summed E-state index contributed by atoms with van der Waals surface area (Å²) in [5.41, 5.74) is 0. The van der Waals surface area contributed by atoms with Crippen LogP contribution in [0.4, 0.5) is 0 Å². The molecule has 0 aliphatic carbocycles. The van der Waals surface area contributed by atoms with Crippen molar-refractivity contribution >= 4 is 11.8 Å². The van der Waals surface area contributed by atoms with Crippen LogP contribution in [-0.4, -0.2) is 16.9 Å². The van der Waals surface area contributed by atoms with Gasteiger partial charge in [0.05, 0.1) is 0 Å². The van der Waals surface area contributed by atoms with Gasteiger partial charge in [-0.1, -0.05) is 45.4 Å². The van der Waals surface area contributed by atoms with E-state index >= 15 is 0 Å². The Morgan fingerprint density at radius 2 is 1.50 bits per heavy atom. The van der Waals surface area contributed by atoms with Crippen molar-refractivity contribution in [2.75, 3.05) is 0 Å². The highest BCUT2D eigenvalue weighted by Crippen LogP contribution is 2.08. The molecule has 1 N–H and O–H groups in total. The molecule has 0 saturated heterocycles. The van der Waals surface area contributed by atoms with Crippen molar-refractivity contribution in [3.05, 3.63) is 12.2 Å². The second-order valence-electron chi connectivity index (χ2n) is 4.01. The van der Waals surface area contributed by atoms with Crippen molar-refractivity contribution in [3.8, 4) is 0 Å². The number of carbonyl (C=O) groups excluding carboxylic acids is 1. The first-order valence-corrected chi connectivity index (χ1v) is 6.10. The molecule has 92 valence electrons. The Morgan fingerprint density at radius 3 is 2.06 bits per heavy atom. The molecule has 0 radical (unpaired) electrons. The van der Waals surface area contributed by atoms with Gasteiger partial charge in [0.2, 0.25) is 0 Å². The highest BCUT2D eigenvalue weighted by Gasteiger charge is 1.98. The first kappa shape index (κ1) is 14.9.